The molecule has 0 heterocycles. The highest BCUT2D eigenvalue weighted by atomic mass is 28.5. The number of hydrogen-bond acceptors (Lipinski definition) is 3. The fraction of sp³-hybridized carbons (Fsp3) is 0.882. The Labute approximate surface area is 162 Å². The van der Waals surface area contributed by atoms with Crippen molar-refractivity contribution in [2.24, 2.45) is 0 Å². The minimum atomic E-state index is -2.31. The van der Waals surface area contributed by atoms with Crippen LogP contribution in [-0.2, 0) is 12.3 Å². The van der Waals surface area contributed by atoms with Crippen LogP contribution in [0, 0.1) is 0 Å². The molecule has 1 unspecified atom stereocenters. The quantitative estimate of drug-likeness (QED) is 0.391. The van der Waals surface area contributed by atoms with Gasteiger partial charge in [-0.1, -0.05) is 50.3 Å². The summed E-state index contributed by atoms with van der Waals surface area (Å²) in [6.07, 6.45) is 0. The van der Waals surface area contributed by atoms with Gasteiger partial charge in [0, 0.05) is 0 Å². The molecule has 156 valence electrons. The first-order valence-electron chi connectivity index (χ1n) is 6.42. The van der Waals surface area contributed by atoms with Crippen LogP contribution < -0.4 is 0 Å². The van der Waals surface area contributed by atoms with Crippen molar-refractivity contribution >= 4 is 33.8 Å². The zero-order valence-electron chi connectivity index (χ0n) is 13.5. The fourth-order valence-corrected chi connectivity index (χ4v) is 18.4. The predicted molar refractivity (Wildman–Crippen MR) is 130 cm³/mol. The minimum Gasteiger partial charge on any atom is -0.437 e. The lowest BCUT2D eigenvalue weighted by molar-refractivity contribution is 0.336. The molecular weight excluding hydrogens is 365 g/mol. The van der Waals surface area contributed by atoms with E-state index in [9.17, 15) is 0 Å². The molecule has 24 heavy (non-hydrogen) atoms. The summed E-state index contributed by atoms with van der Waals surface area (Å²) in [5, 5.41) is 0. The zero-order chi connectivity index (χ0) is 14.8. The molecule has 0 fully saturated rings. The van der Waals surface area contributed by atoms with Crippen molar-refractivity contribution in [3.05, 3.63) is 12.3 Å². The van der Waals surface area contributed by atoms with E-state index >= 15 is 0 Å². The molecule has 0 saturated heterocycles. The summed E-state index contributed by atoms with van der Waals surface area (Å²) in [7, 11) is -7.67. The van der Waals surface area contributed by atoms with Gasteiger partial charge in [-0.2, -0.15) is 0 Å². The first-order chi connectivity index (χ1) is 7.68. The molecule has 0 saturated carbocycles. The van der Waals surface area contributed by atoms with Crippen molar-refractivity contribution in [3.8, 4) is 0 Å². The Bertz CT molecular complexity index is 297. The highest BCUT2D eigenvalue weighted by Gasteiger charge is 2.42. The molecule has 0 rings (SSSR count). The predicted octanol–water partition coefficient (Wildman–Crippen LogP) is 8.02. The van der Waals surface area contributed by atoms with E-state index in [4.69, 9.17) is 12.3 Å². The van der Waals surface area contributed by atoms with E-state index in [-0.39, 0.29) is 44.6 Å². The van der Waals surface area contributed by atoms with Gasteiger partial charge in [-0.05, 0) is 58.9 Å². The summed E-state index contributed by atoms with van der Waals surface area (Å²) >= 11 is 0. The molecule has 0 bridgehead atoms. The molecule has 0 N–H and O–H groups in total. The van der Waals surface area contributed by atoms with E-state index in [0.717, 1.165) is 0 Å². The molecule has 0 aliphatic heterocycles. The first kappa shape index (κ1) is 44.2. The second-order valence-corrected chi connectivity index (χ2v) is 23.3. The SMILES string of the molecule is C.C.C.C.C.C.C=C[Si](C)(O[Si](C)(C)C)O[Si](C)(C)O[Si](C)(C)C. The molecular formula is C17H54O3Si4. The summed E-state index contributed by atoms with van der Waals surface area (Å²) in [6.45, 7) is 23.3. The van der Waals surface area contributed by atoms with Crippen LogP contribution in [0.25, 0.3) is 0 Å². The summed E-state index contributed by atoms with van der Waals surface area (Å²) in [6, 6.07) is 0. The van der Waals surface area contributed by atoms with E-state index < -0.39 is 33.8 Å². The van der Waals surface area contributed by atoms with Gasteiger partial charge >= 0.3 is 17.1 Å². The third-order valence-corrected chi connectivity index (χ3v) is 14.7. The second-order valence-electron chi connectivity index (χ2n) is 7.15. The fourth-order valence-electron chi connectivity index (χ4n) is 1.96. The van der Waals surface area contributed by atoms with Crippen LogP contribution >= 0.6 is 0 Å². The second kappa shape index (κ2) is 14.6. The molecule has 0 radical (unpaired) electrons. The third-order valence-electron chi connectivity index (χ3n) is 1.88. The first-order valence-corrected chi connectivity index (χ1v) is 18.4. The lowest BCUT2D eigenvalue weighted by Crippen LogP contribution is -2.56. The van der Waals surface area contributed by atoms with Gasteiger partial charge in [0.2, 0.25) is 0 Å². The average molecular weight is 419 g/mol. The van der Waals surface area contributed by atoms with Crippen LogP contribution in [0.1, 0.15) is 44.6 Å². The largest absolute Gasteiger partial charge is 0.437 e. The topological polar surface area (TPSA) is 27.7 Å². The van der Waals surface area contributed by atoms with Gasteiger partial charge in [0.15, 0.2) is 16.6 Å². The van der Waals surface area contributed by atoms with Crippen LogP contribution in [-0.4, -0.2) is 33.8 Å². The summed E-state index contributed by atoms with van der Waals surface area (Å²) < 4.78 is 18.8. The van der Waals surface area contributed by atoms with Crippen molar-refractivity contribution in [3.63, 3.8) is 0 Å². The third kappa shape index (κ3) is 22.5. The molecule has 3 nitrogen and oxygen atoms in total. The van der Waals surface area contributed by atoms with E-state index in [1.165, 1.54) is 0 Å². The molecule has 0 aromatic rings. The Balaban J connectivity index is -0.0000000963. The summed E-state index contributed by atoms with van der Waals surface area (Å²) in [5.41, 5.74) is 1.88. The van der Waals surface area contributed by atoms with Gasteiger partial charge in [0.1, 0.15) is 0 Å². The van der Waals surface area contributed by atoms with Crippen molar-refractivity contribution in [1.82, 2.24) is 0 Å². The molecule has 7 heteroatoms. The summed E-state index contributed by atoms with van der Waals surface area (Å²) in [4.78, 5) is 0. The molecule has 0 aliphatic rings. The maximum atomic E-state index is 6.31. The van der Waals surface area contributed by atoms with Gasteiger partial charge in [-0.3, -0.25) is 0 Å². The monoisotopic (exact) mass is 418 g/mol. The zero-order valence-corrected chi connectivity index (χ0v) is 17.5. The average Bonchev–Trinajstić information content (AvgIpc) is 1.93. The lowest BCUT2D eigenvalue weighted by atomic mass is 11.3. The molecule has 0 amide bonds. The van der Waals surface area contributed by atoms with Gasteiger partial charge < -0.3 is 12.3 Å². The van der Waals surface area contributed by atoms with E-state index in [1.807, 2.05) is 5.70 Å². The molecule has 1 atom stereocenters. The van der Waals surface area contributed by atoms with Gasteiger partial charge in [-0.25, -0.2) is 0 Å². The van der Waals surface area contributed by atoms with E-state index in [0.29, 0.717) is 0 Å². The summed E-state index contributed by atoms with van der Waals surface area (Å²) in [5.74, 6) is 0. The standard InChI is InChI=1S/C11H30O3Si4.6CH4/c1-11-18(10,13-16(5,6)7)14-17(8,9)12-15(2,3)4;;;;;;/h11H,1H2,2-10H3;6*1H4. The molecule has 0 aliphatic carbocycles. The Morgan fingerprint density at radius 2 is 0.833 bits per heavy atom. The minimum absolute atomic E-state index is 0. The number of rotatable bonds is 7. The Morgan fingerprint density at radius 1 is 0.542 bits per heavy atom. The van der Waals surface area contributed by atoms with Crippen molar-refractivity contribution < 1.29 is 12.3 Å². The molecule has 0 spiro atoms. The molecule has 0 aromatic carbocycles. The highest BCUT2D eigenvalue weighted by Crippen LogP contribution is 2.24. The van der Waals surface area contributed by atoms with Crippen LogP contribution in [0.4, 0.5) is 0 Å². The van der Waals surface area contributed by atoms with Gasteiger partial charge in [0.05, 0.1) is 0 Å². The maximum absolute atomic E-state index is 6.31. The Morgan fingerprint density at radius 3 is 1.04 bits per heavy atom. The van der Waals surface area contributed by atoms with Crippen molar-refractivity contribution in [2.45, 2.75) is 103 Å². The maximum Gasteiger partial charge on any atom is 0.342 e. The van der Waals surface area contributed by atoms with Crippen LogP contribution in [0.2, 0.25) is 58.9 Å². The van der Waals surface area contributed by atoms with Crippen LogP contribution in [0.5, 0.6) is 0 Å². The van der Waals surface area contributed by atoms with Gasteiger partial charge in [-0.15, -0.1) is 6.58 Å². The number of hydrogen-bond donors (Lipinski definition) is 0. The van der Waals surface area contributed by atoms with Crippen LogP contribution in [0.3, 0.4) is 0 Å². The van der Waals surface area contributed by atoms with Crippen LogP contribution in [0.15, 0.2) is 12.3 Å². The van der Waals surface area contributed by atoms with E-state index in [1.54, 1.807) is 0 Å². The smallest absolute Gasteiger partial charge is 0.342 e. The van der Waals surface area contributed by atoms with E-state index in [2.05, 4.69) is 65.5 Å². The Kier molecular flexibility index (Phi) is 26.9. The van der Waals surface area contributed by atoms with Gasteiger partial charge in [0.25, 0.3) is 0 Å². The molecule has 0 aromatic heterocycles. The Hall–Kier alpha value is 0.488. The van der Waals surface area contributed by atoms with Crippen molar-refractivity contribution in [1.29, 1.82) is 0 Å². The lowest BCUT2D eigenvalue weighted by Gasteiger charge is -2.39. The highest BCUT2D eigenvalue weighted by molar-refractivity contribution is 6.91. The normalized spacial score (nSPS) is 13.0. The van der Waals surface area contributed by atoms with Crippen molar-refractivity contribution in [2.75, 3.05) is 0 Å².